The minimum Gasteiger partial charge on any atom is -0.456 e. The van der Waals surface area contributed by atoms with Gasteiger partial charge in [-0.2, -0.15) is 4.98 Å². The van der Waals surface area contributed by atoms with Crippen LogP contribution in [0.15, 0.2) is 34.9 Å². The Morgan fingerprint density at radius 2 is 1.86 bits per heavy atom. The smallest absolute Gasteiger partial charge is 0.321 e. The first-order valence-corrected chi connectivity index (χ1v) is 9.34. The van der Waals surface area contributed by atoms with Crippen LogP contribution in [-0.4, -0.2) is 34.7 Å². The van der Waals surface area contributed by atoms with Crippen molar-refractivity contribution < 1.29 is 23.6 Å². The van der Waals surface area contributed by atoms with Crippen molar-refractivity contribution in [2.45, 2.75) is 52.0 Å². The molecule has 0 radical (unpaired) electrons. The van der Waals surface area contributed by atoms with Crippen molar-refractivity contribution in [3.8, 4) is 0 Å². The number of carbonyl (C=O) groups excluding carboxylic acids is 3. The van der Waals surface area contributed by atoms with E-state index in [9.17, 15) is 14.4 Å². The Bertz CT molecular complexity index is 827. The first kappa shape index (κ1) is 22.1. The summed E-state index contributed by atoms with van der Waals surface area (Å²) in [5.41, 5.74) is 0.693. The SMILES string of the molecule is CC(C)(C)c1noc(CCCC(=O)OCC(=O)NC(=O)NCc2ccccc2)n1. The molecule has 0 aliphatic heterocycles. The zero-order chi connectivity index (χ0) is 21.3. The van der Waals surface area contributed by atoms with Gasteiger partial charge in [-0.05, 0) is 12.0 Å². The molecule has 1 aromatic carbocycles. The van der Waals surface area contributed by atoms with Gasteiger partial charge in [0.1, 0.15) is 0 Å². The third kappa shape index (κ3) is 8.12. The second kappa shape index (κ2) is 10.4. The fourth-order valence-corrected chi connectivity index (χ4v) is 2.25. The minimum atomic E-state index is -0.698. The molecule has 0 saturated heterocycles. The molecule has 2 aromatic rings. The summed E-state index contributed by atoms with van der Waals surface area (Å²) in [5.74, 6) is -0.177. The number of nitrogens with zero attached hydrogens (tertiary/aromatic N) is 2. The Morgan fingerprint density at radius 3 is 2.52 bits per heavy atom. The van der Waals surface area contributed by atoms with E-state index < -0.39 is 24.5 Å². The summed E-state index contributed by atoms with van der Waals surface area (Å²) in [6.07, 6.45) is 0.983. The van der Waals surface area contributed by atoms with Crippen molar-refractivity contribution in [2.24, 2.45) is 0 Å². The van der Waals surface area contributed by atoms with E-state index in [1.165, 1.54) is 0 Å². The number of rotatable bonds is 8. The molecular formula is C20H26N4O5. The van der Waals surface area contributed by atoms with Crippen LogP contribution < -0.4 is 10.6 Å². The number of aromatic nitrogens is 2. The Hall–Kier alpha value is -3.23. The van der Waals surface area contributed by atoms with E-state index in [1.807, 2.05) is 51.1 Å². The summed E-state index contributed by atoms with van der Waals surface area (Å²) in [4.78, 5) is 39.4. The minimum absolute atomic E-state index is 0.0979. The molecule has 9 heteroatoms. The van der Waals surface area contributed by atoms with Crippen LogP contribution in [0.1, 0.15) is 50.9 Å². The van der Waals surface area contributed by atoms with Crippen molar-refractivity contribution in [2.75, 3.05) is 6.61 Å². The maximum Gasteiger partial charge on any atom is 0.321 e. The van der Waals surface area contributed by atoms with Crippen molar-refractivity contribution in [3.63, 3.8) is 0 Å². The maximum absolute atomic E-state index is 11.7. The molecule has 0 fully saturated rings. The Labute approximate surface area is 169 Å². The predicted octanol–water partition coefficient (Wildman–Crippen LogP) is 2.26. The van der Waals surface area contributed by atoms with Crippen LogP contribution in [0.25, 0.3) is 0 Å². The standard InChI is InChI=1S/C20H26N4O5/c1-20(2,3)18-23-16(29-24-18)10-7-11-17(26)28-13-15(25)22-19(27)21-12-14-8-5-4-6-9-14/h4-6,8-9H,7,10-13H2,1-3H3,(H2,21,22,25,27). The summed E-state index contributed by atoms with van der Waals surface area (Å²) in [6.45, 7) is 5.70. The number of ether oxygens (including phenoxy) is 1. The number of hydrogen-bond acceptors (Lipinski definition) is 7. The average molecular weight is 402 g/mol. The van der Waals surface area contributed by atoms with Gasteiger partial charge in [0, 0.05) is 24.8 Å². The highest BCUT2D eigenvalue weighted by atomic mass is 16.5. The zero-order valence-corrected chi connectivity index (χ0v) is 16.9. The second-order valence-corrected chi connectivity index (χ2v) is 7.49. The lowest BCUT2D eigenvalue weighted by atomic mass is 9.96. The number of hydrogen-bond donors (Lipinski definition) is 2. The number of urea groups is 1. The molecule has 2 N–H and O–H groups in total. The summed E-state index contributed by atoms with van der Waals surface area (Å²) in [7, 11) is 0. The number of imide groups is 1. The van der Waals surface area contributed by atoms with Crippen molar-refractivity contribution in [1.29, 1.82) is 0 Å². The first-order chi connectivity index (χ1) is 13.7. The molecule has 156 valence electrons. The monoisotopic (exact) mass is 402 g/mol. The summed E-state index contributed by atoms with van der Waals surface area (Å²) in [5, 5.41) is 8.57. The van der Waals surface area contributed by atoms with E-state index >= 15 is 0 Å². The van der Waals surface area contributed by atoms with Crippen LogP contribution in [0.3, 0.4) is 0 Å². The highest BCUT2D eigenvalue weighted by Crippen LogP contribution is 2.18. The van der Waals surface area contributed by atoms with Crippen LogP contribution in [0, 0.1) is 0 Å². The van der Waals surface area contributed by atoms with Crippen LogP contribution in [0.2, 0.25) is 0 Å². The quantitative estimate of drug-likeness (QED) is 0.649. The molecule has 29 heavy (non-hydrogen) atoms. The topological polar surface area (TPSA) is 123 Å². The highest BCUT2D eigenvalue weighted by Gasteiger charge is 2.21. The van der Waals surface area contributed by atoms with E-state index in [0.717, 1.165) is 5.56 Å². The lowest BCUT2D eigenvalue weighted by molar-refractivity contribution is -0.148. The first-order valence-electron chi connectivity index (χ1n) is 9.34. The largest absolute Gasteiger partial charge is 0.456 e. The Morgan fingerprint density at radius 1 is 1.14 bits per heavy atom. The summed E-state index contributed by atoms with van der Waals surface area (Å²) < 4.78 is 10.0. The molecule has 1 aromatic heterocycles. The molecule has 0 aliphatic rings. The van der Waals surface area contributed by atoms with Crippen LogP contribution in [0.4, 0.5) is 4.79 Å². The average Bonchev–Trinajstić information content (AvgIpc) is 3.15. The summed E-state index contributed by atoms with van der Waals surface area (Å²) >= 11 is 0. The molecule has 0 spiro atoms. The molecule has 3 amide bonds. The number of amides is 3. The lowest BCUT2D eigenvalue weighted by Gasteiger charge is -2.10. The Balaban J connectivity index is 1.60. The van der Waals surface area contributed by atoms with Gasteiger partial charge in [0.15, 0.2) is 12.4 Å². The highest BCUT2D eigenvalue weighted by molar-refractivity contribution is 5.95. The predicted molar refractivity (Wildman–Crippen MR) is 104 cm³/mol. The number of benzene rings is 1. The lowest BCUT2D eigenvalue weighted by Crippen LogP contribution is -2.41. The number of carbonyl (C=O) groups is 3. The molecule has 0 saturated carbocycles. The number of esters is 1. The van der Waals surface area contributed by atoms with Gasteiger partial charge in [0.05, 0.1) is 0 Å². The van der Waals surface area contributed by atoms with Gasteiger partial charge in [-0.25, -0.2) is 4.79 Å². The Kier molecular flexibility index (Phi) is 7.88. The zero-order valence-electron chi connectivity index (χ0n) is 16.9. The van der Waals surface area contributed by atoms with E-state index in [2.05, 4.69) is 20.8 Å². The molecule has 1 heterocycles. The molecule has 0 bridgehead atoms. The van der Waals surface area contributed by atoms with Crippen LogP contribution in [0.5, 0.6) is 0 Å². The van der Waals surface area contributed by atoms with Crippen molar-refractivity contribution >= 4 is 17.9 Å². The van der Waals surface area contributed by atoms with Crippen molar-refractivity contribution in [1.82, 2.24) is 20.8 Å². The molecule has 0 unspecified atom stereocenters. The van der Waals surface area contributed by atoms with Gasteiger partial charge >= 0.3 is 12.0 Å². The van der Waals surface area contributed by atoms with Gasteiger partial charge in [-0.15, -0.1) is 0 Å². The third-order valence-electron chi connectivity index (χ3n) is 3.82. The van der Waals surface area contributed by atoms with Gasteiger partial charge in [-0.1, -0.05) is 56.3 Å². The van der Waals surface area contributed by atoms with E-state index in [-0.39, 0.29) is 18.4 Å². The van der Waals surface area contributed by atoms with Gasteiger partial charge in [0.2, 0.25) is 5.89 Å². The number of aryl methyl sites for hydroxylation is 1. The molecule has 9 nitrogen and oxygen atoms in total. The van der Waals surface area contributed by atoms with Crippen LogP contribution in [-0.2, 0) is 32.7 Å². The van der Waals surface area contributed by atoms with E-state index in [0.29, 0.717) is 24.6 Å². The van der Waals surface area contributed by atoms with Crippen LogP contribution >= 0.6 is 0 Å². The molecule has 2 rings (SSSR count). The molecular weight excluding hydrogens is 376 g/mol. The molecule has 0 aliphatic carbocycles. The summed E-state index contributed by atoms with van der Waals surface area (Å²) in [6, 6.07) is 8.61. The maximum atomic E-state index is 11.7. The number of nitrogens with one attached hydrogen (secondary N) is 2. The van der Waals surface area contributed by atoms with E-state index in [4.69, 9.17) is 9.26 Å². The van der Waals surface area contributed by atoms with Gasteiger partial charge < -0.3 is 14.6 Å². The van der Waals surface area contributed by atoms with E-state index in [1.54, 1.807) is 0 Å². The molecule has 0 atom stereocenters. The van der Waals surface area contributed by atoms with Crippen molar-refractivity contribution in [3.05, 3.63) is 47.6 Å². The fraction of sp³-hybridized carbons (Fsp3) is 0.450. The van der Waals surface area contributed by atoms with Gasteiger partial charge in [0.25, 0.3) is 5.91 Å². The second-order valence-electron chi connectivity index (χ2n) is 7.49. The fourth-order valence-electron chi connectivity index (χ4n) is 2.25. The van der Waals surface area contributed by atoms with Gasteiger partial charge in [-0.3, -0.25) is 14.9 Å². The third-order valence-corrected chi connectivity index (χ3v) is 3.82. The normalized spacial score (nSPS) is 11.0.